The van der Waals surface area contributed by atoms with E-state index in [1.807, 2.05) is 6.07 Å². The van der Waals surface area contributed by atoms with Gasteiger partial charge in [-0.3, -0.25) is 4.79 Å². The summed E-state index contributed by atoms with van der Waals surface area (Å²) >= 11 is 0. The molecular weight excluding hydrogens is 243 g/mol. The summed E-state index contributed by atoms with van der Waals surface area (Å²) in [6.07, 6.45) is 2.12. The summed E-state index contributed by atoms with van der Waals surface area (Å²) < 4.78 is 18.6. The fourth-order valence-electron chi connectivity index (χ4n) is 2.17. The molecule has 2 nitrogen and oxygen atoms in total. The number of hydrogen-bond donors (Lipinski definition) is 0. The molecule has 0 bridgehead atoms. The van der Waals surface area contributed by atoms with Crippen molar-refractivity contribution in [1.82, 2.24) is 0 Å². The minimum Gasteiger partial charge on any atom is -0.385 e. The predicted molar refractivity (Wildman–Crippen MR) is 74.0 cm³/mol. The fourth-order valence-corrected chi connectivity index (χ4v) is 2.17. The molecule has 0 atom stereocenters. The molecule has 0 aliphatic rings. The zero-order valence-electron chi connectivity index (χ0n) is 11.0. The van der Waals surface area contributed by atoms with Gasteiger partial charge in [0, 0.05) is 31.1 Å². The molecule has 0 heterocycles. The number of benzene rings is 2. The minimum atomic E-state index is -0.286. The van der Waals surface area contributed by atoms with Gasteiger partial charge in [-0.05, 0) is 30.4 Å². The van der Waals surface area contributed by atoms with Gasteiger partial charge in [0.25, 0.3) is 0 Å². The highest BCUT2D eigenvalue weighted by molar-refractivity contribution is 6.08. The number of methoxy groups -OCH3 is 1. The zero-order chi connectivity index (χ0) is 13.7. The van der Waals surface area contributed by atoms with Gasteiger partial charge in [0.15, 0.2) is 5.78 Å². The van der Waals surface area contributed by atoms with Crippen molar-refractivity contribution in [2.24, 2.45) is 0 Å². The molecule has 100 valence electrons. The summed E-state index contributed by atoms with van der Waals surface area (Å²) in [5, 5.41) is 1.20. The van der Waals surface area contributed by atoms with Crippen molar-refractivity contribution in [3.63, 3.8) is 0 Å². The molecule has 19 heavy (non-hydrogen) atoms. The van der Waals surface area contributed by atoms with Crippen molar-refractivity contribution < 1.29 is 13.9 Å². The number of unbranched alkanes of at least 4 members (excludes halogenated alkanes) is 1. The van der Waals surface area contributed by atoms with E-state index >= 15 is 0 Å². The van der Waals surface area contributed by atoms with Gasteiger partial charge in [0.05, 0.1) is 0 Å². The lowest BCUT2D eigenvalue weighted by atomic mass is 9.98. The third kappa shape index (κ3) is 3.18. The molecule has 0 amide bonds. The monoisotopic (exact) mass is 260 g/mol. The van der Waals surface area contributed by atoms with Crippen LogP contribution < -0.4 is 0 Å². The number of hydrogen-bond acceptors (Lipinski definition) is 2. The van der Waals surface area contributed by atoms with Crippen molar-refractivity contribution in [2.75, 3.05) is 13.7 Å². The Morgan fingerprint density at radius 3 is 2.58 bits per heavy atom. The van der Waals surface area contributed by atoms with E-state index in [9.17, 15) is 9.18 Å². The summed E-state index contributed by atoms with van der Waals surface area (Å²) in [4.78, 5) is 12.2. The summed E-state index contributed by atoms with van der Waals surface area (Å²) in [5.41, 5.74) is 0.606. The fraction of sp³-hybridized carbons (Fsp3) is 0.312. The standard InChI is InChI=1S/C16H17FO2/c1-19-11-5-4-8-16(18)14-9-10-15(17)13-7-3-2-6-12(13)14/h2-3,6-7,9-10H,4-5,8,11H2,1H3. The molecule has 0 aliphatic carbocycles. The van der Waals surface area contributed by atoms with E-state index in [1.165, 1.54) is 6.07 Å². The first-order valence-corrected chi connectivity index (χ1v) is 6.43. The zero-order valence-corrected chi connectivity index (χ0v) is 11.0. The highest BCUT2D eigenvalue weighted by atomic mass is 19.1. The van der Waals surface area contributed by atoms with Crippen LogP contribution in [0.1, 0.15) is 29.6 Å². The minimum absolute atomic E-state index is 0.0623. The Bertz CT molecular complexity index is 578. The molecule has 3 heteroatoms. The van der Waals surface area contributed by atoms with Crippen LogP contribution in [0.3, 0.4) is 0 Å². The summed E-state index contributed by atoms with van der Waals surface area (Å²) in [6.45, 7) is 0.664. The van der Waals surface area contributed by atoms with Gasteiger partial charge in [-0.25, -0.2) is 4.39 Å². The normalized spacial score (nSPS) is 10.8. The molecule has 0 aromatic heterocycles. The smallest absolute Gasteiger partial charge is 0.163 e. The topological polar surface area (TPSA) is 26.3 Å². The molecule has 2 rings (SSSR count). The van der Waals surface area contributed by atoms with Gasteiger partial charge >= 0.3 is 0 Å². The first kappa shape index (κ1) is 13.7. The third-order valence-electron chi connectivity index (χ3n) is 3.17. The summed E-state index contributed by atoms with van der Waals surface area (Å²) in [5.74, 6) is -0.223. The maximum Gasteiger partial charge on any atom is 0.163 e. The van der Waals surface area contributed by atoms with Crippen molar-refractivity contribution in [3.05, 3.63) is 47.8 Å². The van der Waals surface area contributed by atoms with Gasteiger partial charge in [0.2, 0.25) is 0 Å². The van der Waals surface area contributed by atoms with Crippen LogP contribution in [-0.4, -0.2) is 19.5 Å². The van der Waals surface area contributed by atoms with Crippen LogP contribution >= 0.6 is 0 Å². The molecule has 0 radical (unpaired) electrons. The second kappa shape index (κ2) is 6.43. The van der Waals surface area contributed by atoms with Gasteiger partial charge in [-0.15, -0.1) is 0 Å². The van der Waals surface area contributed by atoms with Crippen molar-refractivity contribution in [1.29, 1.82) is 0 Å². The van der Waals surface area contributed by atoms with E-state index in [-0.39, 0.29) is 11.6 Å². The largest absolute Gasteiger partial charge is 0.385 e. The first-order valence-electron chi connectivity index (χ1n) is 6.43. The Kier molecular flexibility index (Phi) is 4.63. The Labute approximate surface area is 112 Å². The number of rotatable bonds is 6. The number of halogens is 1. The van der Waals surface area contributed by atoms with Gasteiger partial charge in [0.1, 0.15) is 5.82 Å². The molecule has 0 fully saturated rings. The Hall–Kier alpha value is -1.74. The van der Waals surface area contributed by atoms with Crippen LogP contribution in [0.4, 0.5) is 4.39 Å². The lowest BCUT2D eigenvalue weighted by molar-refractivity contribution is 0.0976. The molecule has 0 aliphatic heterocycles. The molecule has 0 saturated carbocycles. The highest BCUT2D eigenvalue weighted by Crippen LogP contribution is 2.23. The molecule has 0 unspecified atom stereocenters. The summed E-state index contributed by atoms with van der Waals surface area (Å²) in [6, 6.07) is 10.0. The van der Waals surface area contributed by atoms with Crippen molar-refractivity contribution >= 4 is 16.6 Å². The van der Waals surface area contributed by atoms with Gasteiger partial charge in [-0.1, -0.05) is 24.3 Å². The Morgan fingerprint density at radius 1 is 1.11 bits per heavy atom. The lowest BCUT2D eigenvalue weighted by Gasteiger charge is -2.06. The molecule has 0 N–H and O–H groups in total. The summed E-state index contributed by atoms with van der Waals surface area (Å²) in [7, 11) is 1.65. The molecule has 2 aromatic rings. The van der Waals surface area contributed by atoms with Crippen LogP contribution in [0.15, 0.2) is 36.4 Å². The van der Waals surface area contributed by atoms with E-state index in [0.29, 0.717) is 29.4 Å². The second-order valence-electron chi connectivity index (χ2n) is 4.51. The number of ketones is 1. The molecule has 0 spiro atoms. The predicted octanol–water partition coefficient (Wildman–Crippen LogP) is 3.98. The number of ether oxygens (including phenoxy) is 1. The van der Waals surface area contributed by atoms with E-state index in [2.05, 4.69) is 0 Å². The Morgan fingerprint density at radius 2 is 1.84 bits per heavy atom. The SMILES string of the molecule is COCCCCC(=O)c1ccc(F)c2ccccc12. The first-order chi connectivity index (χ1) is 9.24. The van der Waals surface area contributed by atoms with E-state index in [4.69, 9.17) is 4.74 Å². The number of carbonyl (C=O) groups excluding carboxylic acids is 1. The maximum atomic E-state index is 13.7. The maximum absolute atomic E-state index is 13.7. The van der Waals surface area contributed by atoms with Crippen LogP contribution in [0, 0.1) is 5.82 Å². The third-order valence-corrected chi connectivity index (χ3v) is 3.17. The number of Topliss-reactive ketones (excluding diaryl/α,β-unsaturated/α-hetero) is 1. The molecule has 0 saturated heterocycles. The van der Waals surface area contributed by atoms with Crippen molar-refractivity contribution in [3.8, 4) is 0 Å². The van der Waals surface area contributed by atoms with Crippen LogP contribution in [0.25, 0.3) is 10.8 Å². The van der Waals surface area contributed by atoms with Crippen LogP contribution in [0.2, 0.25) is 0 Å². The van der Waals surface area contributed by atoms with E-state index in [1.54, 1.807) is 31.4 Å². The average molecular weight is 260 g/mol. The molecular formula is C16H17FO2. The quantitative estimate of drug-likeness (QED) is 0.580. The van der Waals surface area contributed by atoms with Crippen LogP contribution in [-0.2, 0) is 4.74 Å². The highest BCUT2D eigenvalue weighted by Gasteiger charge is 2.11. The lowest BCUT2D eigenvalue weighted by Crippen LogP contribution is -2.01. The number of fused-ring (bicyclic) bond motifs is 1. The van der Waals surface area contributed by atoms with Crippen LogP contribution in [0.5, 0.6) is 0 Å². The van der Waals surface area contributed by atoms with Gasteiger partial charge in [-0.2, -0.15) is 0 Å². The van der Waals surface area contributed by atoms with E-state index < -0.39 is 0 Å². The number of carbonyl (C=O) groups is 1. The van der Waals surface area contributed by atoms with Gasteiger partial charge < -0.3 is 4.74 Å². The average Bonchev–Trinajstić information content (AvgIpc) is 2.44. The second-order valence-corrected chi connectivity index (χ2v) is 4.51. The van der Waals surface area contributed by atoms with Crippen molar-refractivity contribution in [2.45, 2.75) is 19.3 Å². The van der Waals surface area contributed by atoms with E-state index in [0.717, 1.165) is 12.8 Å². The Balaban J connectivity index is 2.20. The molecule has 2 aromatic carbocycles.